The number of nitrogens with zero attached hydrogens (tertiary/aromatic N) is 2. The molecule has 2 heterocycles. The van der Waals surface area contributed by atoms with Gasteiger partial charge in [-0.15, -0.1) is 0 Å². The minimum absolute atomic E-state index is 0.165. The molecule has 4 nitrogen and oxygen atoms in total. The fourth-order valence-corrected chi connectivity index (χ4v) is 2.36. The van der Waals surface area contributed by atoms with Gasteiger partial charge in [0.2, 0.25) is 0 Å². The first-order valence-electron chi connectivity index (χ1n) is 6.83. The first kappa shape index (κ1) is 13.4. The largest absolute Gasteiger partial charge is 0.507 e. The van der Waals surface area contributed by atoms with E-state index in [0.717, 1.165) is 16.6 Å². The molecule has 0 aliphatic carbocycles. The second-order valence-electron chi connectivity index (χ2n) is 5.35. The Morgan fingerprint density at radius 1 is 0.905 bits per heavy atom. The van der Waals surface area contributed by atoms with Crippen molar-refractivity contribution in [2.24, 2.45) is 0 Å². The molecular weight excluding hydrogens is 264 g/mol. The van der Waals surface area contributed by atoms with Crippen molar-refractivity contribution in [1.29, 1.82) is 0 Å². The van der Waals surface area contributed by atoms with Gasteiger partial charge in [0.05, 0.1) is 11.2 Å². The Morgan fingerprint density at radius 3 is 2.33 bits per heavy atom. The van der Waals surface area contributed by atoms with E-state index in [-0.39, 0.29) is 17.4 Å². The molecule has 2 aromatic heterocycles. The maximum Gasteiger partial charge on any atom is 0.137 e. The van der Waals surface area contributed by atoms with Crippen molar-refractivity contribution in [2.45, 2.75) is 19.8 Å². The summed E-state index contributed by atoms with van der Waals surface area (Å²) in [4.78, 5) is 8.65. The van der Waals surface area contributed by atoms with Gasteiger partial charge in [0.1, 0.15) is 11.5 Å². The summed E-state index contributed by atoms with van der Waals surface area (Å²) in [5, 5.41) is 20.7. The predicted molar refractivity (Wildman–Crippen MR) is 82.4 cm³/mol. The van der Waals surface area contributed by atoms with Crippen molar-refractivity contribution in [2.75, 3.05) is 0 Å². The van der Waals surface area contributed by atoms with E-state index in [1.54, 1.807) is 30.6 Å². The lowest BCUT2D eigenvalue weighted by Crippen LogP contribution is -1.94. The Balaban J connectivity index is 2.12. The Kier molecular flexibility index (Phi) is 3.22. The van der Waals surface area contributed by atoms with Crippen LogP contribution in [0.1, 0.15) is 25.5 Å². The van der Waals surface area contributed by atoms with Gasteiger partial charge < -0.3 is 10.2 Å². The normalized spacial score (nSPS) is 11.2. The highest BCUT2D eigenvalue weighted by Crippen LogP contribution is 2.31. The summed E-state index contributed by atoms with van der Waals surface area (Å²) >= 11 is 0. The molecule has 106 valence electrons. The monoisotopic (exact) mass is 280 g/mol. The third-order valence-electron chi connectivity index (χ3n) is 3.48. The van der Waals surface area contributed by atoms with Gasteiger partial charge in [0.25, 0.3) is 0 Å². The molecule has 0 radical (unpaired) electrons. The molecule has 0 saturated heterocycles. The third kappa shape index (κ3) is 2.40. The molecule has 0 unspecified atom stereocenters. The topological polar surface area (TPSA) is 66.2 Å². The van der Waals surface area contributed by atoms with Crippen LogP contribution in [-0.2, 0) is 0 Å². The molecule has 4 heteroatoms. The van der Waals surface area contributed by atoms with Crippen LogP contribution in [0, 0.1) is 0 Å². The molecule has 0 fully saturated rings. The first-order valence-corrected chi connectivity index (χ1v) is 6.83. The van der Waals surface area contributed by atoms with Crippen molar-refractivity contribution >= 4 is 10.9 Å². The average molecular weight is 280 g/mol. The number of rotatable bonds is 2. The minimum Gasteiger partial charge on any atom is -0.507 e. The van der Waals surface area contributed by atoms with Gasteiger partial charge in [0.15, 0.2) is 0 Å². The SMILES string of the molecule is CC(C)c1ncc(-c2cnc3cccc(O)c3c2)cc1O. The van der Waals surface area contributed by atoms with E-state index in [1.165, 1.54) is 0 Å². The van der Waals surface area contributed by atoms with Crippen LogP contribution in [0.3, 0.4) is 0 Å². The van der Waals surface area contributed by atoms with Gasteiger partial charge in [-0.1, -0.05) is 19.9 Å². The zero-order valence-electron chi connectivity index (χ0n) is 11.9. The number of phenols is 1. The molecule has 0 atom stereocenters. The predicted octanol–water partition coefficient (Wildman–Crippen LogP) is 3.83. The van der Waals surface area contributed by atoms with Crippen LogP contribution >= 0.6 is 0 Å². The number of pyridine rings is 2. The molecule has 0 saturated carbocycles. The third-order valence-corrected chi connectivity index (χ3v) is 3.48. The number of hydrogen-bond acceptors (Lipinski definition) is 4. The van der Waals surface area contributed by atoms with Crippen LogP contribution in [0.4, 0.5) is 0 Å². The average Bonchev–Trinajstić information content (AvgIpc) is 2.47. The Morgan fingerprint density at radius 2 is 1.62 bits per heavy atom. The minimum atomic E-state index is 0.165. The smallest absolute Gasteiger partial charge is 0.137 e. The van der Waals surface area contributed by atoms with Crippen LogP contribution in [0.15, 0.2) is 42.7 Å². The molecule has 0 spiro atoms. The molecule has 21 heavy (non-hydrogen) atoms. The molecule has 2 N–H and O–H groups in total. The molecular formula is C17H16N2O2. The number of hydrogen-bond donors (Lipinski definition) is 2. The molecule has 3 rings (SSSR count). The first-order chi connectivity index (χ1) is 10.1. The van der Waals surface area contributed by atoms with Gasteiger partial charge in [-0.25, -0.2) is 0 Å². The highest BCUT2D eigenvalue weighted by atomic mass is 16.3. The Bertz CT molecular complexity index is 813. The van der Waals surface area contributed by atoms with Crippen LogP contribution in [-0.4, -0.2) is 20.2 Å². The zero-order chi connectivity index (χ0) is 15.0. The van der Waals surface area contributed by atoms with E-state index in [9.17, 15) is 10.2 Å². The maximum atomic E-state index is 10.1. The summed E-state index contributed by atoms with van der Waals surface area (Å²) in [5.41, 5.74) is 2.99. The maximum absolute atomic E-state index is 10.1. The van der Waals surface area contributed by atoms with Crippen LogP contribution < -0.4 is 0 Å². The number of phenolic OH excluding ortho intramolecular Hbond substituents is 1. The number of aromatic hydroxyl groups is 2. The lowest BCUT2D eigenvalue weighted by Gasteiger charge is -2.09. The number of aromatic nitrogens is 2. The van der Waals surface area contributed by atoms with Gasteiger partial charge in [-0.05, 0) is 30.2 Å². The van der Waals surface area contributed by atoms with Crippen molar-refractivity contribution in [3.8, 4) is 22.6 Å². The van der Waals surface area contributed by atoms with Crippen molar-refractivity contribution in [1.82, 2.24) is 9.97 Å². The molecule has 0 aliphatic heterocycles. The van der Waals surface area contributed by atoms with Gasteiger partial charge >= 0.3 is 0 Å². The van der Waals surface area contributed by atoms with E-state index in [0.29, 0.717) is 11.1 Å². The fraction of sp³-hybridized carbons (Fsp3) is 0.176. The van der Waals surface area contributed by atoms with Crippen LogP contribution in [0.5, 0.6) is 11.5 Å². The zero-order valence-corrected chi connectivity index (χ0v) is 11.9. The summed E-state index contributed by atoms with van der Waals surface area (Å²) in [6.07, 6.45) is 3.44. The molecule has 3 aromatic rings. The van der Waals surface area contributed by atoms with E-state index in [2.05, 4.69) is 9.97 Å². The second-order valence-corrected chi connectivity index (χ2v) is 5.35. The second kappa shape index (κ2) is 5.05. The quantitative estimate of drug-likeness (QED) is 0.748. The van der Waals surface area contributed by atoms with Crippen molar-refractivity contribution < 1.29 is 10.2 Å². The van der Waals surface area contributed by atoms with E-state index < -0.39 is 0 Å². The summed E-state index contributed by atoms with van der Waals surface area (Å²) < 4.78 is 0. The lowest BCUT2D eigenvalue weighted by atomic mass is 10.0. The molecule has 0 bridgehead atoms. The standard InChI is InChI=1S/C17H16N2O2/c1-10(2)17-16(21)7-12(9-19-17)11-6-13-14(18-8-11)4-3-5-15(13)20/h3-10,20-21H,1-2H3. The van der Waals surface area contributed by atoms with Crippen molar-refractivity contribution in [3.05, 3.63) is 48.4 Å². The molecule has 1 aromatic carbocycles. The fourth-order valence-electron chi connectivity index (χ4n) is 2.36. The summed E-state index contributed by atoms with van der Waals surface area (Å²) in [7, 11) is 0. The van der Waals surface area contributed by atoms with Gasteiger partial charge in [-0.2, -0.15) is 0 Å². The molecule has 0 aliphatic rings. The highest BCUT2D eigenvalue weighted by molar-refractivity contribution is 5.88. The van der Waals surface area contributed by atoms with E-state index in [1.807, 2.05) is 26.0 Å². The summed E-state index contributed by atoms with van der Waals surface area (Å²) in [6.45, 7) is 3.97. The Hall–Kier alpha value is -2.62. The lowest BCUT2D eigenvalue weighted by molar-refractivity contribution is 0.460. The number of fused-ring (bicyclic) bond motifs is 1. The number of benzene rings is 1. The van der Waals surface area contributed by atoms with Gasteiger partial charge in [-0.3, -0.25) is 9.97 Å². The Labute approximate surface area is 122 Å². The van der Waals surface area contributed by atoms with E-state index >= 15 is 0 Å². The summed E-state index contributed by atoms with van der Waals surface area (Å²) in [6, 6.07) is 8.77. The van der Waals surface area contributed by atoms with E-state index in [4.69, 9.17) is 0 Å². The highest BCUT2D eigenvalue weighted by Gasteiger charge is 2.10. The molecule has 0 amide bonds. The van der Waals surface area contributed by atoms with Crippen molar-refractivity contribution in [3.63, 3.8) is 0 Å². The van der Waals surface area contributed by atoms with Crippen LogP contribution in [0.2, 0.25) is 0 Å². The van der Waals surface area contributed by atoms with Crippen LogP contribution in [0.25, 0.3) is 22.0 Å². The summed E-state index contributed by atoms with van der Waals surface area (Å²) in [5.74, 6) is 0.538. The van der Waals surface area contributed by atoms with Gasteiger partial charge in [0, 0.05) is 28.9 Å².